The second-order valence-corrected chi connectivity index (χ2v) is 15.8. The molecule has 3 fully saturated rings. The number of amides is 3. The van der Waals surface area contributed by atoms with Crippen molar-refractivity contribution in [3.05, 3.63) is 65.2 Å². The first-order chi connectivity index (χ1) is 26.7. The third kappa shape index (κ3) is 10.6. The molecule has 0 spiro atoms. The molecule has 55 heavy (non-hydrogen) atoms. The van der Waals surface area contributed by atoms with Gasteiger partial charge in [0.15, 0.2) is 0 Å². The molecular weight excluding hydrogens is 697 g/mol. The van der Waals surface area contributed by atoms with Gasteiger partial charge in [-0.3, -0.25) is 14.4 Å². The second kappa shape index (κ2) is 19.6. The Labute approximate surface area is 326 Å². The van der Waals surface area contributed by atoms with Crippen molar-refractivity contribution in [2.45, 2.75) is 108 Å². The smallest absolute Gasteiger partial charge is 0.288 e. The number of carbonyl (C=O) groups is 3. The van der Waals surface area contributed by atoms with Crippen molar-refractivity contribution in [2.24, 2.45) is 22.4 Å². The van der Waals surface area contributed by atoms with Gasteiger partial charge in [-0.1, -0.05) is 49.2 Å². The van der Waals surface area contributed by atoms with Crippen LogP contribution in [-0.4, -0.2) is 116 Å². The Kier molecular flexibility index (Phi) is 14.4. The van der Waals surface area contributed by atoms with Gasteiger partial charge in [0.05, 0.1) is 31.3 Å². The van der Waals surface area contributed by atoms with Crippen LogP contribution in [0.3, 0.4) is 0 Å². The Bertz CT molecular complexity index is 1610. The molecule has 0 aromatic heterocycles. The molecule has 6 rings (SSSR count). The number of rotatable bonds is 15. The normalized spacial score (nSPS) is 25.1. The van der Waals surface area contributed by atoms with E-state index in [4.69, 9.17) is 25.9 Å². The van der Waals surface area contributed by atoms with Gasteiger partial charge in [-0.2, -0.15) is 0 Å². The number of benzene rings is 2. The SMILES string of the molecule is COc1cc(CNC(=O)[C@@H]2CN(C3=N[C@@H](C)[C@H](c4ccccc4)O3)CCN2C(=O)[C@@H](CCCCN2CCCCC2)NC2CCC(CN)CC2)ccc1C(N)=O. The van der Waals surface area contributed by atoms with Crippen LogP contribution in [0.4, 0.5) is 0 Å². The second-order valence-electron chi connectivity index (χ2n) is 15.8. The lowest BCUT2D eigenvalue weighted by molar-refractivity contribution is -0.145. The van der Waals surface area contributed by atoms with Gasteiger partial charge in [0.1, 0.15) is 17.9 Å². The fraction of sp³-hybridized carbons (Fsp3) is 0.619. The van der Waals surface area contributed by atoms with Crippen molar-refractivity contribution < 1.29 is 23.9 Å². The molecule has 0 radical (unpaired) electrons. The van der Waals surface area contributed by atoms with Gasteiger partial charge < -0.3 is 46.3 Å². The van der Waals surface area contributed by atoms with Crippen LogP contribution in [0.2, 0.25) is 0 Å². The highest BCUT2D eigenvalue weighted by Crippen LogP contribution is 2.31. The Morgan fingerprint density at radius 2 is 1.75 bits per heavy atom. The highest BCUT2D eigenvalue weighted by atomic mass is 16.5. The molecule has 4 aliphatic rings. The van der Waals surface area contributed by atoms with Crippen LogP contribution in [-0.2, 0) is 20.9 Å². The van der Waals surface area contributed by atoms with Crippen molar-refractivity contribution in [1.82, 2.24) is 25.3 Å². The largest absolute Gasteiger partial charge is 0.496 e. The number of aliphatic imine (C=N–C) groups is 1. The number of hydrogen-bond acceptors (Lipinski definition) is 10. The van der Waals surface area contributed by atoms with E-state index in [0.717, 1.165) is 75.7 Å². The number of amidine groups is 1. The van der Waals surface area contributed by atoms with E-state index in [2.05, 4.69) is 15.5 Å². The fourth-order valence-electron chi connectivity index (χ4n) is 8.63. The van der Waals surface area contributed by atoms with Crippen LogP contribution in [0, 0.1) is 5.92 Å². The van der Waals surface area contributed by atoms with Gasteiger partial charge in [-0.15, -0.1) is 0 Å². The van der Waals surface area contributed by atoms with Crippen molar-refractivity contribution >= 4 is 23.7 Å². The fourth-order valence-corrected chi connectivity index (χ4v) is 8.63. The average molecular weight is 759 g/mol. The summed E-state index contributed by atoms with van der Waals surface area (Å²) < 4.78 is 11.9. The van der Waals surface area contributed by atoms with Crippen LogP contribution in [0.1, 0.15) is 98.7 Å². The number of nitrogens with one attached hydrogen (secondary N) is 2. The number of piperazine rings is 1. The minimum atomic E-state index is -0.781. The van der Waals surface area contributed by atoms with Crippen LogP contribution < -0.4 is 26.8 Å². The lowest BCUT2D eigenvalue weighted by Crippen LogP contribution is -2.64. The first kappa shape index (κ1) is 40.5. The van der Waals surface area contributed by atoms with E-state index in [1.54, 1.807) is 23.1 Å². The summed E-state index contributed by atoms with van der Waals surface area (Å²) in [4.78, 5) is 52.2. The molecule has 4 atom stereocenters. The van der Waals surface area contributed by atoms with E-state index in [9.17, 15) is 14.4 Å². The summed E-state index contributed by atoms with van der Waals surface area (Å²) in [7, 11) is 1.48. The Morgan fingerprint density at radius 1 is 0.982 bits per heavy atom. The quantitative estimate of drug-likeness (QED) is 0.199. The standard InChI is InChI=1S/C42H62N8O5/c1-29-38(32-11-5-3-6-12-32)55-42(46-29)49-23-24-50(36(28-49)40(52)45-27-31-16-19-34(39(44)51)37(25-31)54-2)41(53)35(47-33-17-14-30(26-43)15-18-33)13-7-10-22-48-20-8-4-9-21-48/h3,5-6,11-12,16,19,25,29-30,33,35-36,38,47H,4,7-10,13-15,17-18,20-24,26-28,43H2,1-2H3,(H2,44,51)(H,45,52)/t29-,30?,33?,35+,36-,38+/m0/s1. The summed E-state index contributed by atoms with van der Waals surface area (Å²) in [6.45, 7) is 7.40. The number of primary amides is 1. The highest BCUT2D eigenvalue weighted by molar-refractivity contribution is 5.95. The van der Waals surface area contributed by atoms with Crippen LogP contribution >= 0.6 is 0 Å². The third-order valence-electron chi connectivity index (χ3n) is 11.9. The average Bonchev–Trinajstić information content (AvgIpc) is 3.62. The van der Waals surface area contributed by atoms with Gasteiger partial charge in [0, 0.05) is 25.7 Å². The molecular formula is C42H62N8O5. The van der Waals surface area contributed by atoms with Gasteiger partial charge >= 0.3 is 0 Å². The maximum Gasteiger partial charge on any atom is 0.288 e. The van der Waals surface area contributed by atoms with E-state index in [1.165, 1.54) is 26.4 Å². The molecule has 13 nitrogen and oxygen atoms in total. The number of likely N-dealkylation sites (tertiary alicyclic amines) is 1. The molecule has 1 saturated carbocycles. The molecule has 0 unspecified atom stereocenters. The lowest BCUT2D eigenvalue weighted by atomic mass is 9.85. The summed E-state index contributed by atoms with van der Waals surface area (Å²) >= 11 is 0. The predicted molar refractivity (Wildman–Crippen MR) is 213 cm³/mol. The summed E-state index contributed by atoms with van der Waals surface area (Å²) in [5, 5.41) is 6.86. The maximum atomic E-state index is 14.8. The van der Waals surface area contributed by atoms with E-state index in [0.29, 0.717) is 37.3 Å². The molecule has 0 bridgehead atoms. The maximum absolute atomic E-state index is 14.8. The zero-order chi connectivity index (χ0) is 38.7. The number of nitrogens with zero attached hydrogens (tertiary/aromatic N) is 4. The Balaban J connectivity index is 1.19. The molecule has 6 N–H and O–H groups in total. The first-order valence-corrected chi connectivity index (χ1v) is 20.5. The van der Waals surface area contributed by atoms with Crippen LogP contribution in [0.5, 0.6) is 5.75 Å². The van der Waals surface area contributed by atoms with Crippen molar-refractivity contribution in [3.8, 4) is 5.75 Å². The number of hydrogen-bond donors (Lipinski definition) is 4. The number of unbranched alkanes of at least 4 members (excludes halogenated alkanes) is 1. The molecule has 300 valence electrons. The van der Waals surface area contributed by atoms with E-state index in [1.807, 2.05) is 42.2 Å². The predicted octanol–water partition coefficient (Wildman–Crippen LogP) is 3.57. The van der Waals surface area contributed by atoms with Crippen molar-refractivity contribution in [1.29, 1.82) is 0 Å². The zero-order valence-corrected chi connectivity index (χ0v) is 32.8. The zero-order valence-electron chi connectivity index (χ0n) is 32.8. The summed E-state index contributed by atoms with van der Waals surface area (Å²) in [5.41, 5.74) is 13.6. The summed E-state index contributed by atoms with van der Waals surface area (Å²) in [6.07, 6.45) is 10.4. The Morgan fingerprint density at radius 3 is 2.45 bits per heavy atom. The number of piperidine rings is 1. The van der Waals surface area contributed by atoms with Crippen molar-refractivity contribution in [2.75, 3.05) is 52.9 Å². The van der Waals surface area contributed by atoms with Crippen molar-refractivity contribution in [3.63, 3.8) is 0 Å². The monoisotopic (exact) mass is 758 g/mol. The van der Waals surface area contributed by atoms with Gasteiger partial charge in [0.25, 0.3) is 11.9 Å². The lowest BCUT2D eigenvalue weighted by Gasteiger charge is -2.42. The van der Waals surface area contributed by atoms with Crippen LogP contribution in [0.25, 0.3) is 0 Å². The van der Waals surface area contributed by atoms with Gasteiger partial charge in [-0.25, -0.2) is 4.99 Å². The minimum Gasteiger partial charge on any atom is -0.496 e. The molecule has 2 saturated heterocycles. The van der Waals surface area contributed by atoms with E-state index >= 15 is 0 Å². The molecule has 1 aliphatic carbocycles. The topological polar surface area (TPSA) is 168 Å². The molecule has 2 aromatic carbocycles. The first-order valence-electron chi connectivity index (χ1n) is 20.5. The van der Waals surface area contributed by atoms with Crippen LogP contribution in [0.15, 0.2) is 53.5 Å². The third-order valence-corrected chi connectivity index (χ3v) is 11.9. The number of carbonyl (C=O) groups excluding carboxylic acids is 3. The summed E-state index contributed by atoms with van der Waals surface area (Å²) in [5.74, 6) is -0.0136. The number of methoxy groups -OCH3 is 1. The van der Waals surface area contributed by atoms with Gasteiger partial charge in [-0.05, 0) is 114 Å². The molecule has 3 heterocycles. The Hall–Kier alpha value is -4.20. The molecule has 2 aromatic rings. The van der Waals surface area contributed by atoms with Gasteiger partial charge in [0.2, 0.25) is 11.8 Å². The molecule has 3 amide bonds. The molecule has 3 aliphatic heterocycles. The number of ether oxygens (including phenoxy) is 2. The van der Waals surface area contributed by atoms with E-state index < -0.39 is 18.0 Å². The van der Waals surface area contributed by atoms with E-state index in [-0.39, 0.29) is 48.7 Å². The molecule has 13 heteroatoms. The summed E-state index contributed by atoms with van der Waals surface area (Å²) in [6, 6.07) is 14.6. The minimum absolute atomic E-state index is 0.0315. The number of nitrogens with two attached hydrogens (primary N) is 2. The highest BCUT2D eigenvalue weighted by Gasteiger charge is 2.42.